The van der Waals surface area contributed by atoms with Crippen molar-refractivity contribution in [3.63, 3.8) is 0 Å². The Bertz CT molecular complexity index is 660. The second kappa shape index (κ2) is 5.17. The number of halogens is 2. The second-order valence-corrected chi connectivity index (χ2v) is 5.58. The number of para-hydroxylation sites is 2. The predicted octanol–water partition coefficient (Wildman–Crippen LogP) is 3.72. The average molecular weight is 309 g/mol. The Kier molecular flexibility index (Phi) is 3.50. The number of rotatable bonds is 2. The summed E-state index contributed by atoms with van der Waals surface area (Å²) in [5.74, 6) is 0.237. The number of hydrogen-bond acceptors (Lipinski definition) is 3. The molecule has 1 unspecified atom stereocenters. The minimum atomic E-state index is -0.00642. The molecule has 3 rings (SSSR count). The van der Waals surface area contributed by atoms with Crippen LogP contribution in [-0.2, 0) is 6.54 Å². The molecule has 5 heteroatoms. The van der Waals surface area contributed by atoms with E-state index in [1.54, 1.807) is 18.2 Å². The summed E-state index contributed by atoms with van der Waals surface area (Å²) >= 11 is 12.4. The monoisotopic (exact) mass is 308 g/mol. The number of hydrogen-bond donors (Lipinski definition) is 2. The molecule has 2 aromatic rings. The third-order valence-electron chi connectivity index (χ3n) is 3.71. The summed E-state index contributed by atoms with van der Waals surface area (Å²) in [4.78, 5) is 2.06. The molecule has 0 fully saturated rings. The zero-order valence-electron chi connectivity index (χ0n) is 10.7. The molecule has 3 N–H and O–H groups in total. The molecule has 0 spiro atoms. The van der Waals surface area contributed by atoms with Crippen LogP contribution in [0.1, 0.15) is 17.2 Å². The summed E-state index contributed by atoms with van der Waals surface area (Å²) < 4.78 is 0. The number of fused-ring (bicyclic) bond motifs is 1. The maximum Gasteiger partial charge on any atom is 0.138 e. The molecule has 0 radical (unpaired) electrons. The van der Waals surface area contributed by atoms with Crippen LogP contribution in [-0.4, -0.2) is 11.7 Å². The SMILES string of the molecule is NCC1c2ccc(Cl)c(Cl)c2CN1c1ccccc1O. The van der Waals surface area contributed by atoms with E-state index < -0.39 is 0 Å². The van der Waals surface area contributed by atoms with Gasteiger partial charge in [0.2, 0.25) is 0 Å². The van der Waals surface area contributed by atoms with Crippen LogP contribution >= 0.6 is 23.2 Å². The van der Waals surface area contributed by atoms with Crippen LogP contribution in [0.15, 0.2) is 36.4 Å². The fourth-order valence-electron chi connectivity index (χ4n) is 2.74. The van der Waals surface area contributed by atoms with Gasteiger partial charge in [-0.15, -0.1) is 0 Å². The largest absolute Gasteiger partial charge is 0.506 e. The van der Waals surface area contributed by atoms with Crippen LogP contribution in [0.25, 0.3) is 0 Å². The van der Waals surface area contributed by atoms with Gasteiger partial charge in [-0.05, 0) is 29.3 Å². The predicted molar refractivity (Wildman–Crippen MR) is 82.5 cm³/mol. The Balaban J connectivity index is 2.09. The topological polar surface area (TPSA) is 49.5 Å². The van der Waals surface area contributed by atoms with Gasteiger partial charge >= 0.3 is 0 Å². The lowest BCUT2D eigenvalue weighted by Crippen LogP contribution is -2.27. The van der Waals surface area contributed by atoms with E-state index in [1.807, 2.05) is 18.2 Å². The van der Waals surface area contributed by atoms with E-state index in [9.17, 15) is 5.11 Å². The first-order valence-corrected chi connectivity index (χ1v) is 7.10. The Morgan fingerprint density at radius 2 is 1.95 bits per heavy atom. The van der Waals surface area contributed by atoms with Crippen LogP contribution < -0.4 is 10.6 Å². The van der Waals surface area contributed by atoms with E-state index in [0.29, 0.717) is 23.1 Å². The number of nitrogens with two attached hydrogens (primary N) is 1. The van der Waals surface area contributed by atoms with Crippen molar-refractivity contribution < 1.29 is 5.11 Å². The second-order valence-electron chi connectivity index (χ2n) is 4.80. The highest BCUT2D eigenvalue weighted by Crippen LogP contribution is 2.44. The van der Waals surface area contributed by atoms with Gasteiger partial charge in [0.15, 0.2) is 0 Å². The summed E-state index contributed by atoms with van der Waals surface area (Å²) in [5, 5.41) is 11.2. The molecule has 1 aliphatic heterocycles. The highest BCUT2D eigenvalue weighted by Gasteiger charge is 2.32. The van der Waals surface area contributed by atoms with Crippen molar-refractivity contribution in [3.05, 3.63) is 57.6 Å². The summed E-state index contributed by atoms with van der Waals surface area (Å²) in [6, 6.07) is 11.0. The Morgan fingerprint density at radius 3 is 2.65 bits per heavy atom. The molecule has 0 saturated carbocycles. The first kappa shape index (κ1) is 13.6. The molecule has 0 saturated heterocycles. The molecule has 0 amide bonds. The van der Waals surface area contributed by atoms with E-state index in [-0.39, 0.29) is 11.8 Å². The number of phenols is 1. The Labute approximate surface area is 127 Å². The zero-order valence-corrected chi connectivity index (χ0v) is 12.2. The van der Waals surface area contributed by atoms with Gasteiger partial charge < -0.3 is 15.7 Å². The lowest BCUT2D eigenvalue weighted by atomic mass is 10.0. The number of phenolic OH excluding ortho intramolecular Hbond substituents is 1. The maximum absolute atomic E-state index is 10.0. The molecule has 0 bridgehead atoms. The molecule has 1 aliphatic rings. The van der Waals surface area contributed by atoms with E-state index in [0.717, 1.165) is 16.8 Å². The minimum absolute atomic E-state index is 0.00642. The summed E-state index contributed by atoms with van der Waals surface area (Å²) in [7, 11) is 0. The van der Waals surface area contributed by atoms with Crippen molar-refractivity contribution in [2.45, 2.75) is 12.6 Å². The number of benzene rings is 2. The quantitative estimate of drug-likeness (QED) is 0.889. The molecule has 3 nitrogen and oxygen atoms in total. The van der Waals surface area contributed by atoms with Gasteiger partial charge in [0, 0.05) is 13.1 Å². The Morgan fingerprint density at radius 1 is 1.20 bits per heavy atom. The van der Waals surface area contributed by atoms with Gasteiger partial charge in [0.1, 0.15) is 5.75 Å². The summed E-state index contributed by atoms with van der Waals surface area (Å²) in [5.41, 5.74) is 8.73. The van der Waals surface area contributed by atoms with E-state index in [2.05, 4.69) is 4.90 Å². The first-order chi connectivity index (χ1) is 9.63. The van der Waals surface area contributed by atoms with Gasteiger partial charge in [-0.1, -0.05) is 41.4 Å². The van der Waals surface area contributed by atoms with Gasteiger partial charge in [-0.25, -0.2) is 0 Å². The van der Waals surface area contributed by atoms with Crippen molar-refractivity contribution in [3.8, 4) is 5.75 Å². The lowest BCUT2D eigenvalue weighted by molar-refractivity contribution is 0.471. The van der Waals surface area contributed by atoms with Crippen LogP contribution in [0.5, 0.6) is 5.75 Å². The first-order valence-electron chi connectivity index (χ1n) is 6.35. The van der Waals surface area contributed by atoms with Crippen molar-refractivity contribution in [2.75, 3.05) is 11.4 Å². The van der Waals surface area contributed by atoms with E-state index in [4.69, 9.17) is 28.9 Å². The fourth-order valence-corrected chi connectivity index (χ4v) is 3.15. The van der Waals surface area contributed by atoms with E-state index >= 15 is 0 Å². The summed E-state index contributed by atoms with van der Waals surface area (Å²) in [6.45, 7) is 1.04. The fraction of sp³-hybridized carbons (Fsp3) is 0.200. The molecule has 1 heterocycles. The molecule has 0 aromatic heterocycles. The van der Waals surface area contributed by atoms with Crippen LogP contribution in [0.3, 0.4) is 0 Å². The number of nitrogens with zero attached hydrogens (tertiary/aromatic N) is 1. The smallest absolute Gasteiger partial charge is 0.138 e. The van der Waals surface area contributed by atoms with Crippen LogP contribution in [0.4, 0.5) is 5.69 Å². The number of anilines is 1. The Hall–Kier alpha value is -1.42. The standard InChI is InChI=1S/C15H14Cl2N2O/c16-11-6-5-9-10(15(11)17)8-19(13(9)7-18)12-3-1-2-4-14(12)20/h1-6,13,20H,7-8,18H2. The van der Waals surface area contributed by atoms with Gasteiger partial charge in [-0.2, -0.15) is 0 Å². The van der Waals surface area contributed by atoms with E-state index in [1.165, 1.54) is 0 Å². The zero-order chi connectivity index (χ0) is 14.3. The third-order valence-corrected chi connectivity index (χ3v) is 4.55. The molecule has 2 aromatic carbocycles. The normalized spacial score (nSPS) is 17.4. The van der Waals surface area contributed by atoms with Crippen molar-refractivity contribution in [1.29, 1.82) is 0 Å². The van der Waals surface area contributed by atoms with Gasteiger partial charge in [-0.3, -0.25) is 0 Å². The van der Waals surface area contributed by atoms with Crippen LogP contribution in [0, 0.1) is 0 Å². The molecular formula is C15H14Cl2N2O. The van der Waals surface area contributed by atoms with Crippen molar-refractivity contribution >= 4 is 28.9 Å². The van der Waals surface area contributed by atoms with Crippen LogP contribution in [0.2, 0.25) is 10.0 Å². The number of aromatic hydroxyl groups is 1. The molecule has 20 heavy (non-hydrogen) atoms. The minimum Gasteiger partial charge on any atom is -0.506 e. The van der Waals surface area contributed by atoms with Gasteiger partial charge in [0.05, 0.1) is 21.8 Å². The average Bonchev–Trinajstić information content (AvgIpc) is 2.82. The molecular weight excluding hydrogens is 295 g/mol. The summed E-state index contributed by atoms with van der Waals surface area (Å²) in [6.07, 6.45) is 0. The molecule has 104 valence electrons. The maximum atomic E-state index is 10.0. The highest BCUT2D eigenvalue weighted by molar-refractivity contribution is 6.42. The molecule has 0 aliphatic carbocycles. The van der Waals surface area contributed by atoms with Crippen molar-refractivity contribution in [2.24, 2.45) is 5.73 Å². The highest BCUT2D eigenvalue weighted by atomic mass is 35.5. The third kappa shape index (κ3) is 2.03. The molecule has 1 atom stereocenters. The van der Waals surface area contributed by atoms with Crippen molar-refractivity contribution in [1.82, 2.24) is 0 Å². The van der Waals surface area contributed by atoms with Gasteiger partial charge in [0.25, 0.3) is 0 Å². The lowest BCUT2D eigenvalue weighted by Gasteiger charge is -2.26.